The number of benzene rings is 2. The Hall–Kier alpha value is -7.43. The number of hydrogen-bond acceptors (Lipinski definition) is 13. The maximum absolute atomic E-state index is 15.5. The maximum atomic E-state index is 15.5. The van der Waals surface area contributed by atoms with Gasteiger partial charge in [0, 0.05) is 157 Å². The Kier molecular flexibility index (Phi) is 12.7. The Morgan fingerprint density at radius 1 is 0.756 bits per heavy atom. The van der Waals surface area contributed by atoms with Gasteiger partial charge in [-0.2, -0.15) is 5.10 Å². The number of likely N-dealkylation sites (tertiary alicyclic amines) is 1. The molecule has 5 aromatic rings. The minimum atomic E-state index is -2.80. The minimum Gasteiger partial charge on any atom is -0.381 e. The molecule has 1 unspecified atom stereocenters. The van der Waals surface area contributed by atoms with Gasteiger partial charge in [-0.05, 0) is 84.7 Å². The minimum absolute atomic E-state index is 0.0118. The molecule has 2 aromatic carbocycles. The molecule has 0 aliphatic carbocycles. The number of carbonyl (C=O) groups excluding carboxylic acids is 7. The molecular weight excluding hydrogens is 1010 g/mol. The van der Waals surface area contributed by atoms with E-state index < -0.39 is 36.1 Å². The standard InChI is InChI=1S/C56H60F2N12O8/c1-32(71)65-12-7-46-44(29-65)53(61-70(46)36-8-17-78-18-9-36)68-11-2-3-33-19-38(39(52(57)58)22-48(33)68)43-28-66(45-6-10-59-23-42(43)45)31-51(74)67-26-37(27-67)63-13-15-64(16-14-63)50(73)30-62-24-34-20-40-41(21-35(34)25-62)56(77)69(55(40)76)47-4-5-49(72)60-54(47)75/h6,10,19-23,28,36-37,47,52H,2-5,7-9,11-18,24-27,29-31H2,1H3,(H,60,72,75). The van der Waals surface area contributed by atoms with Crippen molar-refractivity contribution in [1.29, 1.82) is 0 Å². The summed E-state index contributed by atoms with van der Waals surface area (Å²) in [4.78, 5) is 108. The van der Waals surface area contributed by atoms with Gasteiger partial charge in [0.25, 0.3) is 18.2 Å². The quantitative estimate of drug-likeness (QED) is 0.198. The molecule has 20 nitrogen and oxygen atoms in total. The van der Waals surface area contributed by atoms with Gasteiger partial charge in [-0.1, -0.05) is 0 Å². The molecule has 3 aromatic heterocycles. The van der Waals surface area contributed by atoms with E-state index in [0.29, 0.717) is 120 Å². The number of rotatable bonds is 10. The summed E-state index contributed by atoms with van der Waals surface area (Å²) in [5.74, 6) is -1.59. The first kappa shape index (κ1) is 50.1. The molecule has 406 valence electrons. The normalized spacial score (nSPS) is 21.3. The lowest BCUT2D eigenvalue weighted by molar-refractivity contribution is -0.141. The number of ether oxygens (including phenoxy) is 1. The van der Waals surface area contributed by atoms with Gasteiger partial charge in [0.2, 0.25) is 29.5 Å². The molecule has 8 aliphatic rings. The number of carbonyl (C=O) groups is 7. The largest absolute Gasteiger partial charge is 0.381 e. The SMILES string of the molecule is CC(=O)N1CCc2c(c(N3CCCc4cc(-c5cn(CC(=O)N6CC(N7CCN(C(=O)CN8Cc9cc%10c(cc9C8)C(=O)N(C8CCC(=O)NC8=O)C%10=O)CC7)C6)c6ccncc56)c(C(F)F)cc43)nn2C2CCOCC2)C1. The number of aromatic nitrogens is 4. The molecule has 0 saturated carbocycles. The zero-order valence-corrected chi connectivity index (χ0v) is 43.4. The van der Waals surface area contributed by atoms with Crippen LogP contribution < -0.4 is 10.2 Å². The fourth-order valence-electron chi connectivity index (χ4n) is 13.2. The second-order valence-corrected chi connectivity index (χ2v) is 22.0. The van der Waals surface area contributed by atoms with Crippen LogP contribution in [0.3, 0.4) is 0 Å². The Morgan fingerprint density at radius 2 is 1.47 bits per heavy atom. The van der Waals surface area contributed by atoms with Crippen molar-refractivity contribution in [1.82, 2.24) is 54.0 Å². The maximum Gasteiger partial charge on any atom is 0.264 e. The molecule has 1 atom stereocenters. The molecule has 4 saturated heterocycles. The highest BCUT2D eigenvalue weighted by atomic mass is 19.3. The van der Waals surface area contributed by atoms with Crippen molar-refractivity contribution in [3.63, 3.8) is 0 Å². The Morgan fingerprint density at radius 3 is 2.18 bits per heavy atom. The number of pyridine rings is 1. The van der Waals surface area contributed by atoms with Gasteiger partial charge < -0.3 is 28.9 Å². The number of halogens is 2. The fraction of sp³-hybridized carbons (Fsp3) is 0.482. The molecular formula is C56H60F2N12O8. The summed E-state index contributed by atoms with van der Waals surface area (Å²) >= 11 is 0. The van der Waals surface area contributed by atoms with Crippen LogP contribution in [0.15, 0.2) is 48.9 Å². The first-order valence-corrected chi connectivity index (χ1v) is 27.2. The Balaban J connectivity index is 0.645. The number of anilines is 2. The molecule has 22 heteroatoms. The number of imide groups is 2. The summed E-state index contributed by atoms with van der Waals surface area (Å²) in [6.07, 6.45) is 6.25. The van der Waals surface area contributed by atoms with Crippen molar-refractivity contribution >= 4 is 63.8 Å². The van der Waals surface area contributed by atoms with Crippen LogP contribution in [-0.4, -0.2) is 174 Å². The van der Waals surface area contributed by atoms with Crippen molar-refractivity contribution < 1.29 is 47.1 Å². The van der Waals surface area contributed by atoms with E-state index in [1.807, 2.05) is 42.5 Å². The summed E-state index contributed by atoms with van der Waals surface area (Å²) in [6.45, 7) is 8.98. The zero-order chi connectivity index (χ0) is 53.7. The van der Waals surface area contributed by atoms with Gasteiger partial charge in [0.05, 0.1) is 35.8 Å². The third-order valence-corrected chi connectivity index (χ3v) is 17.5. The van der Waals surface area contributed by atoms with Crippen LogP contribution in [0.2, 0.25) is 0 Å². The van der Waals surface area contributed by atoms with Crippen LogP contribution in [0.1, 0.15) is 106 Å². The molecule has 0 radical (unpaired) electrons. The van der Waals surface area contributed by atoms with E-state index in [0.717, 1.165) is 63.4 Å². The smallest absolute Gasteiger partial charge is 0.264 e. The molecule has 11 heterocycles. The first-order valence-electron chi connectivity index (χ1n) is 27.2. The number of alkyl halides is 2. The lowest BCUT2D eigenvalue weighted by atomic mass is 9.91. The summed E-state index contributed by atoms with van der Waals surface area (Å²) < 4.78 is 40.7. The number of hydrogen-bond donors (Lipinski definition) is 1. The molecule has 13 rings (SSSR count). The van der Waals surface area contributed by atoms with Crippen LogP contribution in [-0.2, 0) is 67.7 Å². The number of nitrogens with one attached hydrogen (secondary N) is 1. The average Bonchev–Trinajstić information content (AvgIpc) is 4.37. The number of aryl methyl sites for hydroxylation is 1. The van der Waals surface area contributed by atoms with Gasteiger partial charge in [-0.25, -0.2) is 8.78 Å². The van der Waals surface area contributed by atoms with Crippen molar-refractivity contribution in [2.24, 2.45) is 0 Å². The molecule has 0 bridgehead atoms. The van der Waals surface area contributed by atoms with Crippen LogP contribution in [0.5, 0.6) is 0 Å². The third-order valence-electron chi connectivity index (χ3n) is 17.5. The van der Waals surface area contributed by atoms with E-state index >= 15 is 8.78 Å². The monoisotopic (exact) mass is 1070 g/mol. The Bertz CT molecular complexity index is 3310. The van der Waals surface area contributed by atoms with Gasteiger partial charge in [0.15, 0.2) is 5.82 Å². The van der Waals surface area contributed by atoms with Crippen LogP contribution >= 0.6 is 0 Å². The lowest BCUT2D eigenvalue weighted by Gasteiger charge is -2.48. The molecule has 0 spiro atoms. The predicted molar refractivity (Wildman–Crippen MR) is 277 cm³/mol. The Labute approximate surface area is 447 Å². The van der Waals surface area contributed by atoms with E-state index in [2.05, 4.69) is 24.8 Å². The second-order valence-electron chi connectivity index (χ2n) is 22.0. The summed E-state index contributed by atoms with van der Waals surface area (Å²) in [5.41, 5.74) is 7.43. The van der Waals surface area contributed by atoms with Crippen molar-refractivity contribution in [3.8, 4) is 11.1 Å². The number of fused-ring (bicyclic) bond motifs is 5. The number of piperazine rings is 1. The number of piperidine rings is 1. The van der Waals surface area contributed by atoms with Crippen LogP contribution in [0.25, 0.3) is 22.0 Å². The third kappa shape index (κ3) is 8.71. The molecule has 7 amide bonds. The van der Waals surface area contributed by atoms with Gasteiger partial charge >= 0.3 is 0 Å². The van der Waals surface area contributed by atoms with Crippen molar-refractivity contribution in [2.45, 2.75) is 103 Å². The second kappa shape index (κ2) is 19.8. The number of amides is 7. The van der Waals surface area contributed by atoms with E-state index in [-0.39, 0.29) is 72.4 Å². The van der Waals surface area contributed by atoms with Crippen molar-refractivity contribution in [3.05, 3.63) is 93.6 Å². The lowest BCUT2D eigenvalue weighted by Crippen LogP contribution is -2.65. The fourth-order valence-corrected chi connectivity index (χ4v) is 13.2. The summed E-state index contributed by atoms with van der Waals surface area (Å²) in [5, 5.41) is 8.13. The zero-order valence-electron chi connectivity index (χ0n) is 43.4. The van der Waals surface area contributed by atoms with Crippen molar-refractivity contribution in [2.75, 3.05) is 77.0 Å². The van der Waals surface area contributed by atoms with E-state index in [1.54, 1.807) is 37.5 Å². The van der Waals surface area contributed by atoms with E-state index in [4.69, 9.17) is 9.84 Å². The van der Waals surface area contributed by atoms with Gasteiger partial charge in [0.1, 0.15) is 12.6 Å². The predicted octanol–water partition coefficient (Wildman–Crippen LogP) is 3.95. The summed E-state index contributed by atoms with van der Waals surface area (Å²) in [6, 6.07) is 7.97. The average molecular weight is 1070 g/mol. The first-order chi connectivity index (χ1) is 37.8. The molecule has 4 fully saturated rings. The number of nitrogens with zero attached hydrogens (tertiary/aromatic N) is 11. The van der Waals surface area contributed by atoms with Crippen LogP contribution in [0, 0.1) is 0 Å². The van der Waals surface area contributed by atoms with E-state index in [9.17, 15) is 33.6 Å². The molecule has 8 aliphatic heterocycles. The van der Waals surface area contributed by atoms with Gasteiger partial charge in [-0.3, -0.25) is 63.2 Å². The highest BCUT2D eigenvalue weighted by Gasteiger charge is 2.46. The topological polar surface area (TPSA) is 199 Å². The van der Waals surface area contributed by atoms with E-state index in [1.165, 1.54) is 0 Å². The highest BCUT2D eigenvalue weighted by molar-refractivity contribution is 6.23. The molecule has 78 heavy (non-hydrogen) atoms. The van der Waals surface area contributed by atoms with Crippen LogP contribution in [0.4, 0.5) is 20.3 Å². The molecule has 1 N–H and O–H groups in total. The highest BCUT2D eigenvalue weighted by Crippen LogP contribution is 2.45. The summed E-state index contributed by atoms with van der Waals surface area (Å²) in [7, 11) is 0. The van der Waals surface area contributed by atoms with Gasteiger partial charge in [-0.15, -0.1) is 0 Å².